The van der Waals surface area contributed by atoms with E-state index in [1.165, 1.54) is 96.3 Å². The molecule has 0 saturated heterocycles. The number of nitrogens with zero attached hydrogens (tertiary/aromatic N) is 2. The van der Waals surface area contributed by atoms with Gasteiger partial charge >= 0.3 is 6.85 Å². The van der Waals surface area contributed by atoms with E-state index in [0.29, 0.717) is 0 Å². The van der Waals surface area contributed by atoms with Crippen LogP contribution in [0.2, 0.25) is 0 Å². The topological polar surface area (TPSA) is 34.5 Å². The zero-order valence-electron chi connectivity index (χ0n) is 28.7. The summed E-state index contributed by atoms with van der Waals surface area (Å²) in [7, 11) is 0. The molecule has 49 heavy (non-hydrogen) atoms. The van der Waals surface area contributed by atoms with Crippen LogP contribution < -0.4 is 15.8 Å². The minimum atomic E-state index is -0.0947. The van der Waals surface area contributed by atoms with Crippen LogP contribution in [0.15, 0.2) is 93.8 Å². The molecule has 12 rings (SSSR count). The molecule has 1 saturated carbocycles. The molecule has 6 heterocycles. The van der Waals surface area contributed by atoms with Gasteiger partial charge in [0, 0.05) is 43.7 Å². The zero-order chi connectivity index (χ0) is 32.8. The van der Waals surface area contributed by atoms with Gasteiger partial charge in [-0.2, -0.15) is 0 Å². The standard InChI is InChI=1S/C44H37BN2O2/c1-42(2,3)24-21-31-38-32(22-24)45-36-29(26-15-12-16-28-35-27-14-7-9-18-34(27)49-41(35)47(45)37(26)28)23-30-25-13-6-8-17-33(25)48-40(30)39(36)46(38)44(5)20-11-10-19-43(31,44)4/h6-9,12-18,21-23H,10-11,19-20H2,1-5H3. The van der Waals surface area contributed by atoms with E-state index < -0.39 is 0 Å². The number of aromatic nitrogens is 1. The van der Waals surface area contributed by atoms with Crippen LogP contribution in [0.25, 0.3) is 66.0 Å². The van der Waals surface area contributed by atoms with Gasteiger partial charge in [-0.25, -0.2) is 0 Å². The Hall–Kier alpha value is -4.90. The molecule has 2 unspecified atom stereocenters. The number of fused-ring (bicyclic) bond motifs is 16. The van der Waals surface area contributed by atoms with E-state index in [1.54, 1.807) is 0 Å². The molecule has 3 aliphatic heterocycles. The maximum Gasteiger partial charge on any atom is 0.336 e. The predicted octanol–water partition coefficient (Wildman–Crippen LogP) is 10.4. The molecule has 0 bridgehead atoms. The zero-order valence-corrected chi connectivity index (χ0v) is 28.7. The molecule has 0 N–H and O–H groups in total. The van der Waals surface area contributed by atoms with Gasteiger partial charge < -0.3 is 18.2 Å². The third kappa shape index (κ3) is 2.88. The molecule has 8 aromatic rings. The van der Waals surface area contributed by atoms with Crippen molar-refractivity contribution in [2.75, 3.05) is 4.90 Å². The summed E-state index contributed by atoms with van der Waals surface area (Å²) in [6.45, 7) is 12.2. The van der Waals surface area contributed by atoms with Gasteiger partial charge in [-0.1, -0.05) is 107 Å². The van der Waals surface area contributed by atoms with Gasteiger partial charge in [-0.15, -0.1) is 0 Å². The second-order valence-electron chi connectivity index (χ2n) is 16.8. The van der Waals surface area contributed by atoms with E-state index >= 15 is 0 Å². The monoisotopic (exact) mass is 636 g/mol. The molecule has 4 nitrogen and oxygen atoms in total. The van der Waals surface area contributed by atoms with Gasteiger partial charge in [0.2, 0.25) is 0 Å². The summed E-state index contributed by atoms with van der Waals surface area (Å²) in [6, 6.07) is 31.7. The molecular formula is C44H37BN2O2. The van der Waals surface area contributed by atoms with Crippen molar-refractivity contribution in [3.63, 3.8) is 0 Å². The van der Waals surface area contributed by atoms with E-state index in [1.807, 2.05) is 0 Å². The Labute approximate surface area is 285 Å². The lowest BCUT2D eigenvalue weighted by Crippen LogP contribution is -2.62. The molecule has 0 spiro atoms. The van der Waals surface area contributed by atoms with Crippen molar-refractivity contribution in [3.05, 3.63) is 96.1 Å². The van der Waals surface area contributed by atoms with Crippen LogP contribution in [0.4, 0.5) is 11.4 Å². The quantitative estimate of drug-likeness (QED) is 0.155. The molecule has 4 aliphatic rings. The summed E-state index contributed by atoms with van der Waals surface area (Å²) in [5.41, 5.74) is 16.0. The molecule has 1 aliphatic carbocycles. The molecule has 0 radical (unpaired) electrons. The van der Waals surface area contributed by atoms with Gasteiger partial charge in [0.05, 0.1) is 16.6 Å². The normalized spacial score (nSPS) is 22.1. The largest absolute Gasteiger partial charge is 0.454 e. The van der Waals surface area contributed by atoms with E-state index in [4.69, 9.17) is 8.83 Å². The number of rotatable bonds is 0. The smallest absolute Gasteiger partial charge is 0.336 e. The SMILES string of the molecule is CC(C)(C)c1cc2c3c(c1)C1(C)CCCCC1(C)N3c1c3c(cc4c1oc1ccccc14)-c1cccc4c5c6ccccc6oc5n(c14)B23. The number of para-hydroxylation sites is 3. The third-order valence-electron chi connectivity index (χ3n) is 13.5. The first-order chi connectivity index (χ1) is 23.7. The van der Waals surface area contributed by atoms with Crippen molar-refractivity contribution in [2.24, 2.45) is 0 Å². The Kier molecular flexibility index (Phi) is 4.56. The molecule has 5 heteroatoms. The van der Waals surface area contributed by atoms with Gasteiger partial charge in [0.1, 0.15) is 11.2 Å². The van der Waals surface area contributed by atoms with Crippen LogP contribution in [-0.2, 0) is 10.8 Å². The van der Waals surface area contributed by atoms with Crippen LogP contribution in [0.3, 0.4) is 0 Å². The Morgan fingerprint density at radius 2 is 1.45 bits per heavy atom. The number of furan rings is 2. The fraction of sp³-hybridized carbons (Fsp3) is 0.273. The van der Waals surface area contributed by atoms with E-state index in [9.17, 15) is 0 Å². The fourth-order valence-corrected chi connectivity index (χ4v) is 10.9. The molecule has 3 aromatic heterocycles. The van der Waals surface area contributed by atoms with Crippen molar-refractivity contribution >= 4 is 84.1 Å². The van der Waals surface area contributed by atoms with Crippen LogP contribution in [0.1, 0.15) is 71.4 Å². The van der Waals surface area contributed by atoms with Gasteiger partial charge in [-0.05, 0) is 71.0 Å². The first kappa shape index (κ1) is 27.0. The summed E-state index contributed by atoms with van der Waals surface area (Å²) in [6.07, 6.45) is 4.83. The Morgan fingerprint density at radius 3 is 2.27 bits per heavy atom. The highest BCUT2D eigenvalue weighted by Crippen LogP contribution is 2.63. The van der Waals surface area contributed by atoms with Gasteiger partial charge in [0.25, 0.3) is 0 Å². The third-order valence-corrected chi connectivity index (χ3v) is 13.5. The first-order valence-corrected chi connectivity index (χ1v) is 18.1. The summed E-state index contributed by atoms with van der Waals surface area (Å²) in [5, 5.41) is 6.06. The lowest BCUT2D eigenvalue weighted by molar-refractivity contribution is 0.195. The predicted molar refractivity (Wildman–Crippen MR) is 204 cm³/mol. The number of hydrogen-bond acceptors (Lipinski definition) is 3. The van der Waals surface area contributed by atoms with Crippen LogP contribution in [0.5, 0.6) is 0 Å². The van der Waals surface area contributed by atoms with Crippen LogP contribution in [-0.4, -0.2) is 16.9 Å². The second-order valence-corrected chi connectivity index (χ2v) is 16.8. The van der Waals surface area contributed by atoms with E-state index in [0.717, 1.165) is 28.9 Å². The molecule has 2 atom stereocenters. The highest BCUT2D eigenvalue weighted by Gasteiger charge is 2.62. The average Bonchev–Trinajstić information content (AvgIpc) is 3.80. The maximum atomic E-state index is 7.03. The lowest BCUT2D eigenvalue weighted by Gasteiger charge is -2.52. The highest BCUT2D eigenvalue weighted by atomic mass is 16.3. The summed E-state index contributed by atoms with van der Waals surface area (Å²) in [4.78, 5) is 2.80. The molecule has 238 valence electrons. The molecule has 0 amide bonds. The van der Waals surface area contributed by atoms with E-state index in [-0.39, 0.29) is 23.2 Å². The van der Waals surface area contributed by atoms with Gasteiger partial charge in [-0.3, -0.25) is 0 Å². The summed E-state index contributed by atoms with van der Waals surface area (Å²) < 4.78 is 16.5. The second kappa shape index (κ2) is 8.27. The minimum Gasteiger partial charge on any atom is -0.454 e. The van der Waals surface area contributed by atoms with Crippen LogP contribution in [0, 0.1) is 0 Å². The maximum absolute atomic E-state index is 7.03. The Morgan fingerprint density at radius 1 is 0.714 bits per heavy atom. The lowest BCUT2D eigenvalue weighted by atomic mass is 9.44. The Balaban J connectivity index is 1.35. The minimum absolute atomic E-state index is 0.000554. The summed E-state index contributed by atoms with van der Waals surface area (Å²) >= 11 is 0. The van der Waals surface area contributed by atoms with Crippen molar-refractivity contribution < 1.29 is 8.83 Å². The Bertz CT molecular complexity index is 2830. The van der Waals surface area contributed by atoms with E-state index in [2.05, 4.69) is 129 Å². The molecule has 1 fully saturated rings. The highest BCUT2D eigenvalue weighted by molar-refractivity contribution is 6.90. The first-order valence-electron chi connectivity index (χ1n) is 18.1. The van der Waals surface area contributed by atoms with Crippen LogP contribution >= 0.6 is 0 Å². The molecular weight excluding hydrogens is 599 g/mol. The van der Waals surface area contributed by atoms with Gasteiger partial charge in [0.15, 0.2) is 11.3 Å². The van der Waals surface area contributed by atoms with Crippen molar-refractivity contribution in [3.8, 4) is 11.1 Å². The number of hydrogen-bond donors (Lipinski definition) is 0. The fourth-order valence-electron chi connectivity index (χ4n) is 10.9. The number of anilines is 2. The summed E-state index contributed by atoms with van der Waals surface area (Å²) in [5.74, 6) is 0. The number of benzene rings is 5. The molecule has 5 aromatic carbocycles. The van der Waals surface area contributed by atoms with Crippen molar-refractivity contribution in [1.82, 2.24) is 4.48 Å². The van der Waals surface area contributed by atoms with Crippen molar-refractivity contribution in [2.45, 2.75) is 76.7 Å². The average molecular weight is 637 g/mol. The van der Waals surface area contributed by atoms with Crippen molar-refractivity contribution in [1.29, 1.82) is 0 Å².